The number of likely N-dealkylation sites (tertiary alicyclic amines) is 1. The van der Waals surface area contributed by atoms with E-state index in [0.29, 0.717) is 6.54 Å². The Hall–Kier alpha value is -1.92. The number of nitrogens with two attached hydrogens (primary N) is 2. The molecule has 108 valence electrons. The van der Waals surface area contributed by atoms with Crippen molar-refractivity contribution in [1.29, 1.82) is 0 Å². The molecule has 1 saturated heterocycles. The third-order valence-corrected chi connectivity index (χ3v) is 3.63. The molecule has 1 unspecified atom stereocenters. The fourth-order valence-electron chi connectivity index (χ4n) is 2.57. The zero-order valence-corrected chi connectivity index (χ0v) is 11.3. The molecular weight excluding hydrogens is 256 g/mol. The zero-order chi connectivity index (χ0) is 14.5. The number of carbonyl (C=O) groups excluding carboxylic acids is 2. The molecule has 2 amide bonds. The van der Waals surface area contributed by atoms with E-state index in [9.17, 15) is 9.59 Å². The highest BCUT2D eigenvalue weighted by Gasteiger charge is 2.28. The van der Waals surface area contributed by atoms with Crippen LogP contribution in [0.25, 0.3) is 0 Å². The number of amides is 2. The maximum atomic E-state index is 11.3. The van der Waals surface area contributed by atoms with Gasteiger partial charge in [0.05, 0.1) is 12.5 Å². The molecule has 0 aromatic heterocycles. The summed E-state index contributed by atoms with van der Waals surface area (Å²) >= 11 is 0. The average Bonchev–Trinajstić information content (AvgIpc) is 2.89. The summed E-state index contributed by atoms with van der Waals surface area (Å²) in [7, 11) is 0. The molecule has 0 radical (unpaired) electrons. The van der Waals surface area contributed by atoms with E-state index in [0.717, 1.165) is 30.5 Å². The summed E-state index contributed by atoms with van der Waals surface area (Å²) in [5, 5.41) is 0. The topological polar surface area (TPSA) is 101 Å². The molecular formula is C14H20N4O2. The summed E-state index contributed by atoms with van der Waals surface area (Å²) in [5.41, 5.74) is 9.52. The molecule has 1 aliphatic heterocycles. The quantitative estimate of drug-likeness (QED) is 0.389. The highest BCUT2D eigenvalue weighted by Crippen LogP contribution is 2.20. The van der Waals surface area contributed by atoms with Gasteiger partial charge in [-0.25, -0.2) is 5.84 Å². The predicted octanol–water partition coefficient (Wildman–Crippen LogP) is -0.331. The molecule has 2 rings (SSSR count). The zero-order valence-electron chi connectivity index (χ0n) is 11.3. The highest BCUT2D eigenvalue weighted by atomic mass is 16.2. The monoisotopic (exact) mass is 276 g/mol. The van der Waals surface area contributed by atoms with Crippen LogP contribution in [0.3, 0.4) is 0 Å². The van der Waals surface area contributed by atoms with Gasteiger partial charge in [0.15, 0.2) is 0 Å². The molecule has 1 aromatic rings. The molecule has 0 aliphatic carbocycles. The minimum absolute atomic E-state index is 0.155. The van der Waals surface area contributed by atoms with E-state index >= 15 is 0 Å². The first-order valence-electron chi connectivity index (χ1n) is 6.71. The number of rotatable bonds is 5. The Bertz CT molecular complexity index is 486. The summed E-state index contributed by atoms with van der Waals surface area (Å²) in [5.74, 6) is 4.58. The number of hydrogen-bond acceptors (Lipinski definition) is 4. The predicted molar refractivity (Wildman–Crippen MR) is 75.1 cm³/mol. The molecule has 6 heteroatoms. The van der Waals surface area contributed by atoms with Gasteiger partial charge in [-0.2, -0.15) is 0 Å². The molecule has 1 fully saturated rings. The van der Waals surface area contributed by atoms with Crippen LogP contribution in [-0.4, -0.2) is 29.3 Å². The Kier molecular flexibility index (Phi) is 4.70. The maximum absolute atomic E-state index is 11.3. The van der Waals surface area contributed by atoms with Crippen molar-refractivity contribution in [2.45, 2.75) is 31.8 Å². The lowest BCUT2D eigenvalue weighted by atomic mass is 10.1. The molecule has 1 heterocycles. The molecule has 1 aliphatic rings. The lowest BCUT2D eigenvalue weighted by Crippen LogP contribution is -2.39. The van der Waals surface area contributed by atoms with Gasteiger partial charge in [0.2, 0.25) is 11.8 Å². The summed E-state index contributed by atoms with van der Waals surface area (Å²) in [6, 6.07) is 7.59. The lowest BCUT2D eigenvalue weighted by molar-refractivity contribution is -0.122. The summed E-state index contributed by atoms with van der Waals surface area (Å²) in [6.07, 6.45) is 2.11. The van der Waals surface area contributed by atoms with Gasteiger partial charge in [0.1, 0.15) is 0 Å². The molecule has 1 aromatic carbocycles. The van der Waals surface area contributed by atoms with Crippen LogP contribution in [0.1, 0.15) is 24.0 Å². The number of benzene rings is 1. The molecule has 0 saturated carbocycles. The van der Waals surface area contributed by atoms with Crippen LogP contribution in [-0.2, 0) is 22.6 Å². The van der Waals surface area contributed by atoms with Crippen molar-refractivity contribution in [2.24, 2.45) is 11.6 Å². The Labute approximate surface area is 118 Å². The number of nitrogens with zero attached hydrogens (tertiary/aromatic N) is 1. The van der Waals surface area contributed by atoms with Gasteiger partial charge in [-0.05, 0) is 30.5 Å². The van der Waals surface area contributed by atoms with E-state index in [1.54, 1.807) is 0 Å². The maximum Gasteiger partial charge on any atom is 0.238 e. The van der Waals surface area contributed by atoms with Gasteiger partial charge in [-0.15, -0.1) is 0 Å². The average molecular weight is 276 g/mol. The van der Waals surface area contributed by atoms with Gasteiger partial charge in [-0.3, -0.25) is 19.9 Å². The van der Waals surface area contributed by atoms with Crippen LogP contribution in [0.5, 0.6) is 0 Å². The summed E-state index contributed by atoms with van der Waals surface area (Å²) in [6.45, 7) is 1.60. The minimum Gasteiger partial charge on any atom is -0.368 e. The van der Waals surface area contributed by atoms with Crippen LogP contribution in [0.4, 0.5) is 0 Å². The van der Waals surface area contributed by atoms with Crippen molar-refractivity contribution >= 4 is 11.8 Å². The second-order valence-corrected chi connectivity index (χ2v) is 5.09. The molecule has 1 atom stereocenters. The standard InChI is InChI=1S/C14H20N4O2/c15-14(20)12-2-1-7-18(12)9-11-5-3-10(4-6-11)8-13(19)17-16/h3-6,12H,1-2,7-9,16H2,(H2,15,20)(H,17,19). The molecule has 5 N–H and O–H groups in total. The first-order valence-corrected chi connectivity index (χ1v) is 6.71. The number of nitrogens with one attached hydrogen (secondary N) is 1. The van der Waals surface area contributed by atoms with Crippen molar-refractivity contribution in [2.75, 3.05) is 6.54 Å². The van der Waals surface area contributed by atoms with Crippen molar-refractivity contribution in [1.82, 2.24) is 10.3 Å². The third kappa shape index (κ3) is 3.55. The third-order valence-electron chi connectivity index (χ3n) is 3.63. The van der Waals surface area contributed by atoms with Crippen molar-refractivity contribution in [3.05, 3.63) is 35.4 Å². The minimum atomic E-state index is -0.251. The highest BCUT2D eigenvalue weighted by molar-refractivity contribution is 5.80. The Morgan fingerprint density at radius 2 is 1.90 bits per heavy atom. The SMILES string of the molecule is NNC(=O)Cc1ccc(CN2CCCC2C(N)=O)cc1. The number of primary amides is 1. The largest absolute Gasteiger partial charge is 0.368 e. The van der Waals surface area contributed by atoms with Crippen LogP contribution < -0.4 is 17.0 Å². The van der Waals surface area contributed by atoms with E-state index in [2.05, 4.69) is 10.3 Å². The van der Waals surface area contributed by atoms with Gasteiger partial charge < -0.3 is 5.73 Å². The molecule has 0 spiro atoms. The second kappa shape index (κ2) is 6.49. The number of hydrogen-bond donors (Lipinski definition) is 3. The van der Waals surface area contributed by atoms with E-state index in [-0.39, 0.29) is 24.3 Å². The lowest BCUT2D eigenvalue weighted by Gasteiger charge is -2.21. The van der Waals surface area contributed by atoms with Gasteiger partial charge in [-0.1, -0.05) is 24.3 Å². The van der Waals surface area contributed by atoms with Crippen molar-refractivity contribution < 1.29 is 9.59 Å². The van der Waals surface area contributed by atoms with Crippen LogP contribution >= 0.6 is 0 Å². The second-order valence-electron chi connectivity index (χ2n) is 5.09. The molecule has 0 bridgehead atoms. The Morgan fingerprint density at radius 1 is 1.25 bits per heavy atom. The van der Waals surface area contributed by atoms with Crippen LogP contribution in [0, 0.1) is 0 Å². The van der Waals surface area contributed by atoms with Gasteiger partial charge in [0.25, 0.3) is 0 Å². The Morgan fingerprint density at radius 3 is 2.50 bits per heavy atom. The van der Waals surface area contributed by atoms with E-state index in [1.807, 2.05) is 24.3 Å². The fraction of sp³-hybridized carbons (Fsp3) is 0.429. The van der Waals surface area contributed by atoms with Gasteiger partial charge >= 0.3 is 0 Å². The van der Waals surface area contributed by atoms with Crippen molar-refractivity contribution in [3.63, 3.8) is 0 Å². The molecule has 20 heavy (non-hydrogen) atoms. The van der Waals surface area contributed by atoms with Crippen molar-refractivity contribution in [3.8, 4) is 0 Å². The van der Waals surface area contributed by atoms with Crippen LogP contribution in [0.2, 0.25) is 0 Å². The van der Waals surface area contributed by atoms with E-state index in [1.165, 1.54) is 0 Å². The normalized spacial score (nSPS) is 18.9. The summed E-state index contributed by atoms with van der Waals surface area (Å²) < 4.78 is 0. The number of hydrazine groups is 1. The Balaban J connectivity index is 1.96. The smallest absolute Gasteiger partial charge is 0.238 e. The summed E-state index contributed by atoms with van der Waals surface area (Å²) in [4.78, 5) is 24.6. The van der Waals surface area contributed by atoms with Crippen LogP contribution in [0.15, 0.2) is 24.3 Å². The first kappa shape index (κ1) is 14.5. The fourth-order valence-corrected chi connectivity index (χ4v) is 2.57. The first-order chi connectivity index (χ1) is 9.60. The van der Waals surface area contributed by atoms with Gasteiger partial charge in [0, 0.05) is 6.54 Å². The van der Waals surface area contributed by atoms with E-state index in [4.69, 9.17) is 11.6 Å². The number of carbonyl (C=O) groups is 2. The molecule has 6 nitrogen and oxygen atoms in total. The van der Waals surface area contributed by atoms with E-state index < -0.39 is 0 Å².